The smallest absolute Gasteiger partial charge is 0.0209 e. The normalized spacial score (nSPS) is 34.8. The van der Waals surface area contributed by atoms with Crippen LogP contribution in [0.25, 0.3) is 0 Å². The van der Waals surface area contributed by atoms with E-state index >= 15 is 0 Å². The lowest BCUT2D eigenvalue weighted by atomic mass is 10.0. The Morgan fingerprint density at radius 1 is 1.67 bits per heavy atom. The number of allylic oxidation sites excluding steroid dienone is 1. The molecule has 1 heterocycles. The molecule has 3 N–H and O–H groups in total. The van der Waals surface area contributed by atoms with Gasteiger partial charge in [0.15, 0.2) is 0 Å². The quantitative estimate of drug-likeness (QED) is 0.515. The Balaban J connectivity index is 2.30. The largest absolute Gasteiger partial charge is 0.326 e. The third-order valence-electron chi connectivity index (χ3n) is 1.86. The summed E-state index contributed by atoms with van der Waals surface area (Å²) in [6, 6.07) is 0.350. The molecule has 1 aliphatic heterocycles. The van der Waals surface area contributed by atoms with Gasteiger partial charge in [0.25, 0.3) is 0 Å². The maximum atomic E-state index is 5.75. The third-order valence-corrected chi connectivity index (χ3v) is 1.86. The number of rotatable bonds is 2. The lowest BCUT2D eigenvalue weighted by Crippen LogP contribution is -2.28. The highest BCUT2D eigenvalue weighted by Crippen LogP contribution is 2.10. The van der Waals surface area contributed by atoms with Crippen LogP contribution in [0, 0.1) is 5.92 Å². The molecule has 2 heteroatoms. The zero-order valence-corrected chi connectivity index (χ0v) is 5.64. The first-order chi connectivity index (χ1) is 4.34. The SMILES string of the molecule is C=CCC1CNCC1N. The van der Waals surface area contributed by atoms with Gasteiger partial charge >= 0.3 is 0 Å². The average molecular weight is 126 g/mol. The number of hydrogen-bond donors (Lipinski definition) is 2. The van der Waals surface area contributed by atoms with Crippen molar-refractivity contribution in [1.29, 1.82) is 0 Å². The molecule has 52 valence electrons. The summed E-state index contributed by atoms with van der Waals surface area (Å²) in [6.07, 6.45) is 2.99. The van der Waals surface area contributed by atoms with Gasteiger partial charge in [-0.3, -0.25) is 0 Å². The fourth-order valence-corrected chi connectivity index (χ4v) is 1.23. The zero-order chi connectivity index (χ0) is 6.69. The third kappa shape index (κ3) is 1.53. The van der Waals surface area contributed by atoms with Crippen molar-refractivity contribution >= 4 is 0 Å². The van der Waals surface area contributed by atoms with Crippen molar-refractivity contribution in [3.8, 4) is 0 Å². The minimum atomic E-state index is 0.350. The van der Waals surface area contributed by atoms with Crippen LogP contribution < -0.4 is 11.1 Å². The molecule has 0 saturated carbocycles. The van der Waals surface area contributed by atoms with Gasteiger partial charge in [-0.2, -0.15) is 0 Å². The van der Waals surface area contributed by atoms with Gasteiger partial charge in [0.1, 0.15) is 0 Å². The molecule has 0 bridgehead atoms. The molecule has 1 fully saturated rings. The molecular formula is C7H14N2. The van der Waals surface area contributed by atoms with Crippen molar-refractivity contribution in [2.45, 2.75) is 12.5 Å². The van der Waals surface area contributed by atoms with Crippen LogP contribution in [0.1, 0.15) is 6.42 Å². The molecule has 1 aliphatic rings. The molecule has 0 aliphatic carbocycles. The molecule has 0 spiro atoms. The Morgan fingerprint density at radius 2 is 2.44 bits per heavy atom. The first-order valence-corrected chi connectivity index (χ1v) is 3.42. The Morgan fingerprint density at radius 3 is 2.89 bits per heavy atom. The first-order valence-electron chi connectivity index (χ1n) is 3.42. The molecule has 2 atom stereocenters. The summed E-state index contributed by atoms with van der Waals surface area (Å²) in [6.45, 7) is 5.71. The summed E-state index contributed by atoms with van der Waals surface area (Å²) < 4.78 is 0. The van der Waals surface area contributed by atoms with Crippen LogP contribution in [0.2, 0.25) is 0 Å². The van der Waals surface area contributed by atoms with Crippen molar-refractivity contribution in [3.63, 3.8) is 0 Å². The minimum Gasteiger partial charge on any atom is -0.326 e. The predicted octanol–water partition coefficient (Wildman–Crippen LogP) is 0.109. The van der Waals surface area contributed by atoms with Gasteiger partial charge in [-0.1, -0.05) is 6.08 Å². The number of nitrogens with two attached hydrogens (primary N) is 1. The zero-order valence-electron chi connectivity index (χ0n) is 5.64. The minimum absolute atomic E-state index is 0.350. The molecule has 2 unspecified atom stereocenters. The molecule has 1 saturated heterocycles. The summed E-state index contributed by atoms with van der Waals surface area (Å²) in [7, 11) is 0. The lowest BCUT2D eigenvalue weighted by Gasteiger charge is -2.09. The van der Waals surface area contributed by atoms with E-state index in [0.717, 1.165) is 19.5 Å². The molecule has 1 rings (SSSR count). The van der Waals surface area contributed by atoms with Crippen LogP contribution in [0.3, 0.4) is 0 Å². The molecule has 0 aromatic rings. The number of hydrogen-bond acceptors (Lipinski definition) is 2. The van der Waals surface area contributed by atoms with Gasteiger partial charge in [-0.25, -0.2) is 0 Å². The van der Waals surface area contributed by atoms with Crippen LogP contribution in [-0.4, -0.2) is 19.1 Å². The van der Waals surface area contributed by atoms with Crippen molar-refractivity contribution in [3.05, 3.63) is 12.7 Å². The van der Waals surface area contributed by atoms with E-state index in [0.29, 0.717) is 12.0 Å². The van der Waals surface area contributed by atoms with E-state index in [9.17, 15) is 0 Å². The summed E-state index contributed by atoms with van der Waals surface area (Å²) >= 11 is 0. The molecule has 0 amide bonds. The average Bonchev–Trinajstić information content (AvgIpc) is 2.18. The molecule has 2 nitrogen and oxygen atoms in total. The van der Waals surface area contributed by atoms with Crippen molar-refractivity contribution in [2.24, 2.45) is 11.7 Å². The standard InChI is InChI=1S/C7H14N2/c1-2-3-6-4-9-5-7(6)8/h2,6-7,9H,1,3-5,8H2. The Kier molecular flexibility index (Phi) is 2.25. The predicted molar refractivity (Wildman–Crippen MR) is 39.1 cm³/mol. The highest BCUT2D eigenvalue weighted by Gasteiger charge is 2.21. The Hall–Kier alpha value is -0.340. The lowest BCUT2D eigenvalue weighted by molar-refractivity contribution is 0.522. The van der Waals surface area contributed by atoms with E-state index in [-0.39, 0.29) is 0 Å². The fraction of sp³-hybridized carbons (Fsp3) is 0.714. The van der Waals surface area contributed by atoms with Gasteiger partial charge in [0.05, 0.1) is 0 Å². The van der Waals surface area contributed by atoms with Crippen LogP contribution in [0.4, 0.5) is 0 Å². The second-order valence-corrected chi connectivity index (χ2v) is 2.61. The Labute approximate surface area is 56.1 Å². The summed E-state index contributed by atoms with van der Waals surface area (Å²) in [4.78, 5) is 0. The van der Waals surface area contributed by atoms with Gasteiger partial charge < -0.3 is 11.1 Å². The maximum absolute atomic E-state index is 5.75. The van der Waals surface area contributed by atoms with Crippen LogP contribution in [0.5, 0.6) is 0 Å². The maximum Gasteiger partial charge on any atom is 0.0209 e. The van der Waals surface area contributed by atoms with Gasteiger partial charge in [-0.15, -0.1) is 6.58 Å². The van der Waals surface area contributed by atoms with E-state index in [1.807, 2.05) is 6.08 Å². The summed E-state index contributed by atoms with van der Waals surface area (Å²) in [5.74, 6) is 0.627. The second-order valence-electron chi connectivity index (χ2n) is 2.61. The molecule has 0 aromatic heterocycles. The molecule has 0 aromatic carbocycles. The molecule has 9 heavy (non-hydrogen) atoms. The highest BCUT2D eigenvalue weighted by molar-refractivity contribution is 4.88. The van der Waals surface area contributed by atoms with E-state index < -0.39 is 0 Å². The topological polar surface area (TPSA) is 38.0 Å². The molecule has 0 radical (unpaired) electrons. The summed E-state index contributed by atoms with van der Waals surface area (Å²) in [5, 5.41) is 3.23. The van der Waals surface area contributed by atoms with Crippen LogP contribution in [-0.2, 0) is 0 Å². The van der Waals surface area contributed by atoms with E-state index in [4.69, 9.17) is 5.73 Å². The highest BCUT2D eigenvalue weighted by atomic mass is 15.0. The summed E-state index contributed by atoms with van der Waals surface area (Å²) in [5.41, 5.74) is 5.75. The van der Waals surface area contributed by atoms with E-state index in [2.05, 4.69) is 11.9 Å². The van der Waals surface area contributed by atoms with Crippen molar-refractivity contribution in [2.75, 3.05) is 13.1 Å². The van der Waals surface area contributed by atoms with Crippen LogP contribution in [0.15, 0.2) is 12.7 Å². The number of nitrogens with one attached hydrogen (secondary N) is 1. The van der Waals surface area contributed by atoms with Gasteiger partial charge in [0, 0.05) is 12.6 Å². The Bertz CT molecular complexity index is 101. The monoisotopic (exact) mass is 126 g/mol. The molecular weight excluding hydrogens is 112 g/mol. The van der Waals surface area contributed by atoms with Crippen molar-refractivity contribution in [1.82, 2.24) is 5.32 Å². The van der Waals surface area contributed by atoms with E-state index in [1.54, 1.807) is 0 Å². The first kappa shape index (κ1) is 6.78. The van der Waals surface area contributed by atoms with Gasteiger partial charge in [0.2, 0.25) is 0 Å². The fourth-order valence-electron chi connectivity index (χ4n) is 1.23. The van der Waals surface area contributed by atoms with E-state index in [1.165, 1.54) is 0 Å². The van der Waals surface area contributed by atoms with Crippen molar-refractivity contribution < 1.29 is 0 Å². The second kappa shape index (κ2) is 2.99. The van der Waals surface area contributed by atoms with Crippen LogP contribution >= 0.6 is 0 Å². The van der Waals surface area contributed by atoms with Gasteiger partial charge in [-0.05, 0) is 18.9 Å².